The molecule has 0 N–H and O–H groups in total. The SMILES string of the molecule is CN1[CH-]N(c2[c-]cccc2)c2ccccc21.[Ir+3].[c-]1ccccc1-c1nccn1-c1c(-c2ccccc2)cccc1-c1ccccc1. The Morgan fingerprint density at radius 3 is 1.78 bits per heavy atom. The summed E-state index contributed by atoms with van der Waals surface area (Å²) in [5.41, 5.74) is 10.3. The van der Waals surface area contributed by atoms with E-state index in [1.807, 2.05) is 67.0 Å². The molecule has 0 unspecified atom stereocenters. The molecule has 0 spiro atoms. The minimum atomic E-state index is 0. The molecule has 2 heterocycles. The minimum Gasteiger partial charge on any atom is -0.504 e. The van der Waals surface area contributed by atoms with E-state index >= 15 is 0 Å². The third-order valence-corrected chi connectivity index (χ3v) is 7.80. The summed E-state index contributed by atoms with van der Waals surface area (Å²) in [4.78, 5) is 8.93. The molecule has 0 radical (unpaired) electrons. The van der Waals surface area contributed by atoms with Crippen LogP contribution in [0.25, 0.3) is 39.3 Å². The first-order valence-corrected chi connectivity index (χ1v) is 15.0. The molecule has 8 rings (SSSR count). The monoisotopic (exact) mass is 772 g/mol. The first-order valence-electron chi connectivity index (χ1n) is 15.0. The van der Waals surface area contributed by atoms with Gasteiger partial charge < -0.3 is 14.4 Å². The summed E-state index contributed by atoms with van der Waals surface area (Å²) in [7, 11) is 2.06. The fraction of sp³-hybridized carbons (Fsp3) is 0.0244. The number of imidazole rings is 1. The predicted molar refractivity (Wildman–Crippen MR) is 185 cm³/mol. The molecule has 0 aliphatic carbocycles. The number of benzene rings is 6. The summed E-state index contributed by atoms with van der Waals surface area (Å²) in [6.45, 7) is 2.08. The molecule has 46 heavy (non-hydrogen) atoms. The molecule has 7 aromatic rings. The summed E-state index contributed by atoms with van der Waals surface area (Å²) in [5, 5.41) is 0. The number of rotatable bonds is 5. The van der Waals surface area contributed by atoms with E-state index in [0.29, 0.717) is 0 Å². The third kappa shape index (κ3) is 6.29. The van der Waals surface area contributed by atoms with E-state index < -0.39 is 0 Å². The zero-order chi connectivity index (χ0) is 30.4. The molecule has 1 aliphatic rings. The van der Waals surface area contributed by atoms with Crippen molar-refractivity contribution in [1.29, 1.82) is 0 Å². The van der Waals surface area contributed by atoms with Crippen molar-refractivity contribution < 1.29 is 20.1 Å². The van der Waals surface area contributed by atoms with Crippen LogP contribution in [-0.2, 0) is 20.1 Å². The number of hydrogen-bond acceptors (Lipinski definition) is 3. The smallest absolute Gasteiger partial charge is 0.504 e. The topological polar surface area (TPSA) is 24.3 Å². The summed E-state index contributed by atoms with van der Waals surface area (Å²) < 4.78 is 2.18. The number of fused-ring (bicyclic) bond motifs is 1. The molecule has 1 aromatic heterocycles. The maximum absolute atomic E-state index is 4.66. The van der Waals surface area contributed by atoms with Gasteiger partial charge in [-0.15, -0.1) is 41.6 Å². The van der Waals surface area contributed by atoms with Crippen LogP contribution in [0.5, 0.6) is 0 Å². The Hall–Kier alpha value is -5.22. The standard InChI is InChI=1S/C27H19N2.C14H12N2.Ir/c1-4-11-21(12-5-1)24-17-10-18-25(22-13-6-2-7-14-22)26(24)29-20-19-28-27(29)23-15-8-3-9-16-23;1-15-11-16(12-7-3-2-4-8-12)14-10-6-5-9-13(14)15;/h1-15,17-20H;2-7,9-11H,1H3;/q-1;-2;+3. The Balaban J connectivity index is 0.000000185. The summed E-state index contributed by atoms with van der Waals surface area (Å²) in [6.07, 6.45) is 3.89. The van der Waals surface area contributed by atoms with Gasteiger partial charge >= 0.3 is 20.1 Å². The Labute approximate surface area is 284 Å². The first kappa shape index (κ1) is 30.8. The van der Waals surface area contributed by atoms with E-state index in [0.717, 1.165) is 22.8 Å². The van der Waals surface area contributed by atoms with Crippen molar-refractivity contribution in [3.05, 3.63) is 183 Å². The zero-order valence-corrected chi connectivity index (χ0v) is 27.7. The van der Waals surface area contributed by atoms with Crippen LogP contribution in [0.4, 0.5) is 17.1 Å². The van der Waals surface area contributed by atoms with E-state index in [1.165, 1.54) is 33.6 Å². The summed E-state index contributed by atoms with van der Waals surface area (Å²) in [6, 6.07) is 58.4. The molecule has 4 nitrogen and oxygen atoms in total. The van der Waals surface area contributed by atoms with E-state index in [-0.39, 0.29) is 20.1 Å². The van der Waals surface area contributed by atoms with Gasteiger partial charge in [0.25, 0.3) is 0 Å². The Morgan fingerprint density at radius 2 is 1.17 bits per heavy atom. The van der Waals surface area contributed by atoms with Crippen molar-refractivity contribution >= 4 is 17.1 Å². The molecule has 224 valence electrons. The Bertz CT molecular complexity index is 1930. The van der Waals surface area contributed by atoms with Crippen molar-refractivity contribution in [2.24, 2.45) is 0 Å². The van der Waals surface area contributed by atoms with Crippen molar-refractivity contribution in [2.75, 3.05) is 16.8 Å². The van der Waals surface area contributed by atoms with E-state index in [1.54, 1.807) is 0 Å². The number of hydrogen-bond donors (Lipinski definition) is 0. The van der Waals surface area contributed by atoms with Crippen molar-refractivity contribution in [3.63, 3.8) is 0 Å². The van der Waals surface area contributed by atoms with Crippen molar-refractivity contribution in [2.45, 2.75) is 0 Å². The van der Waals surface area contributed by atoms with Gasteiger partial charge in [-0.1, -0.05) is 91.0 Å². The van der Waals surface area contributed by atoms with Crippen LogP contribution in [0.1, 0.15) is 0 Å². The van der Waals surface area contributed by atoms with Gasteiger partial charge in [0.1, 0.15) is 0 Å². The van der Waals surface area contributed by atoms with Crippen LogP contribution in [0.3, 0.4) is 0 Å². The molecular weight excluding hydrogens is 741 g/mol. The van der Waals surface area contributed by atoms with Crippen molar-refractivity contribution in [1.82, 2.24) is 9.55 Å². The maximum atomic E-state index is 4.66. The van der Waals surface area contributed by atoms with Crippen LogP contribution in [0, 0.1) is 18.8 Å². The van der Waals surface area contributed by atoms with E-state index in [2.05, 4.69) is 142 Å². The number of aromatic nitrogens is 2. The maximum Gasteiger partial charge on any atom is 3.00 e. The van der Waals surface area contributed by atoms with E-state index in [4.69, 9.17) is 0 Å². The van der Waals surface area contributed by atoms with Crippen LogP contribution in [0.15, 0.2) is 164 Å². The van der Waals surface area contributed by atoms with Gasteiger partial charge in [0, 0.05) is 34.9 Å². The van der Waals surface area contributed by atoms with Gasteiger partial charge in [0.15, 0.2) is 0 Å². The second-order valence-electron chi connectivity index (χ2n) is 10.7. The van der Waals surface area contributed by atoms with Crippen LogP contribution in [0.2, 0.25) is 0 Å². The zero-order valence-electron chi connectivity index (χ0n) is 25.3. The Kier molecular flexibility index (Phi) is 9.54. The van der Waals surface area contributed by atoms with Crippen molar-refractivity contribution in [3.8, 4) is 39.3 Å². The molecule has 0 fully saturated rings. The third-order valence-electron chi connectivity index (χ3n) is 7.80. The molecule has 0 amide bonds. The average molecular weight is 772 g/mol. The molecule has 6 aromatic carbocycles. The summed E-state index contributed by atoms with van der Waals surface area (Å²) >= 11 is 0. The van der Waals surface area contributed by atoms with Gasteiger partial charge in [0.2, 0.25) is 0 Å². The molecule has 0 saturated heterocycles. The van der Waals surface area contributed by atoms with Gasteiger partial charge in [-0.2, -0.15) is 37.0 Å². The molecular formula is C41H31IrN4. The fourth-order valence-electron chi connectivity index (χ4n) is 5.71. The molecule has 0 atom stereocenters. The van der Waals surface area contributed by atoms with Gasteiger partial charge in [-0.25, -0.2) is 0 Å². The second kappa shape index (κ2) is 14.3. The number of nitrogens with zero attached hydrogens (tertiary/aromatic N) is 4. The fourth-order valence-corrected chi connectivity index (χ4v) is 5.71. The van der Waals surface area contributed by atoms with Gasteiger partial charge in [0.05, 0.1) is 11.5 Å². The van der Waals surface area contributed by atoms with Gasteiger partial charge in [-0.05, 0) is 30.3 Å². The normalized spacial score (nSPS) is 11.7. The van der Waals surface area contributed by atoms with E-state index in [9.17, 15) is 0 Å². The van der Waals surface area contributed by atoms with Crippen LogP contribution >= 0.6 is 0 Å². The molecule has 0 bridgehead atoms. The predicted octanol–water partition coefficient (Wildman–Crippen LogP) is 9.86. The minimum absolute atomic E-state index is 0. The Morgan fingerprint density at radius 1 is 0.587 bits per heavy atom. The second-order valence-corrected chi connectivity index (χ2v) is 10.7. The summed E-state index contributed by atoms with van der Waals surface area (Å²) in [5.74, 6) is 0.881. The molecule has 5 heteroatoms. The van der Waals surface area contributed by atoms with Gasteiger partial charge in [-0.3, -0.25) is 4.98 Å². The first-order chi connectivity index (χ1) is 22.3. The number of para-hydroxylation sites is 4. The average Bonchev–Trinajstić information content (AvgIpc) is 3.75. The van der Waals surface area contributed by atoms with Crippen LogP contribution < -0.4 is 9.80 Å². The van der Waals surface area contributed by atoms with Crippen LogP contribution in [-0.4, -0.2) is 16.6 Å². The molecule has 1 aliphatic heterocycles. The molecule has 0 saturated carbocycles. The number of anilines is 3. The quantitative estimate of drug-likeness (QED) is 0.163. The largest absolute Gasteiger partial charge is 3.00 e.